The summed E-state index contributed by atoms with van der Waals surface area (Å²) in [7, 11) is 1.91. The normalized spacial score (nSPS) is 13.5. The van der Waals surface area contributed by atoms with Crippen molar-refractivity contribution in [3.05, 3.63) is 53.0 Å². The Kier molecular flexibility index (Phi) is 4.62. The van der Waals surface area contributed by atoms with Gasteiger partial charge in [-0.1, -0.05) is 35.5 Å². The first-order chi connectivity index (χ1) is 13.2. The van der Waals surface area contributed by atoms with Crippen molar-refractivity contribution in [3.8, 4) is 11.6 Å². The van der Waals surface area contributed by atoms with Crippen LogP contribution in [-0.4, -0.2) is 43.9 Å². The van der Waals surface area contributed by atoms with Crippen molar-refractivity contribution in [1.29, 1.82) is 0 Å². The van der Waals surface area contributed by atoms with E-state index in [2.05, 4.69) is 20.6 Å². The van der Waals surface area contributed by atoms with Gasteiger partial charge >= 0.3 is 6.03 Å². The van der Waals surface area contributed by atoms with Crippen LogP contribution in [0.4, 0.5) is 4.79 Å². The Morgan fingerprint density at radius 3 is 2.89 bits per heavy atom. The van der Waals surface area contributed by atoms with Crippen LogP contribution in [0.2, 0.25) is 0 Å². The van der Waals surface area contributed by atoms with Crippen LogP contribution in [0.1, 0.15) is 29.6 Å². The van der Waals surface area contributed by atoms with E-state index < -0.39 is 0 Å². The standard InChI is InChI=1S/C19H22N6O2/c1-3-20-19(26)25-10-9-15-14(12-25)17(22-24(15)2)18-21-16(23-27-18)11-13-7-5-4-6-8-13/h4-8H,3,9-12H2,1-2H3,(H,20,26). The molecule has 1 N–H and O–H groups in total. The number of aromatic nitrogens is 4. The Hall–Kier alpha value is -3.16. The molecule has 1 aliphatic heterocycles. The second kappa shape index (κ2) is 7.22. The highest BCUT2D eigenvalue weighted by Crippen LogP contribution is 2.29. The molecule has 0 saturated carbocycles. The molecular weight excluding hydrogens is 344 g/mol. The Bertz CT molecular complexity index is 947. The quantitative estimate of drug-likeness (QED) is 0.764. The minimum Gasteiger partial charge on any atom is -0.338 e. The molecule has 8 heteroatoms. The zero-order valence-electron chi connectivity index (χ0n) is 15.5. The van der Waals surface area contributed by atoms with Gasteiger partial charge in [-0.3, -0.25) is 4.68 Å². The number of benzene rings is 1. The minimum absolute atomic E-state index is 0.0618. The van der Waals surface area contributed by atoms with E-state index in [1.54, 1.807) is 4.90 Å². The molecule has 3 aromatic rings. The van der Waals surface area contributed by atoms with Gasteiger partial charge in [-0.2, -0.15) is 10.1 Å². The number of hydrogen-bond donors (Lipinski definition) is 1. The lowest BCUT2D eigenvalue weighted by Gasteiger charge is -2.27. The molecule has 140 valence electrons. The van der Waals surface area contributed by atoms with Crippen LogP contribution < -0.4 is 5.32 Å². The smallest absolute Gasteiger partial charge is 0.317 e. The maximum Gasteiger partial charge on any atom is 0.317 e. The van der Waals surface area contributed by atoms with E-state index in [1.807, 2.05) is 49.0 Å². The zero-order valence-corrected chi connectivity index (χ0v) is 15.5. The third-order valence-corrected chi connectivity index (χ3v) is 4.73. The molecule has 8 nitrogen and oxygen atoms in total. The molecule has 2 amide bonds. The summed E-state index contributed by atoms with van der Waals surface area (Å²) in [6, 6.07) is 9.95. The number of amides is 2. The lowest BCUT2D eigenvalue weighted by Crippen LogP contribution is -2.42. The number of rotatable bonds is 4. The van der Waals surface area contributed by atoms with Crippen LogP contribution in [0.15, 0.2) is 34.9 Å². The third-order valence-electron chi connectivity index (χ3n) is 4.73. The Labute approximate surface area is 157 Å². The highest BCUT2D eigenvalue weighted by molar-refractivity contribution is 5.75. The SMILES string of the molecule is CCNC(=O)N1CCc2c(c(-c3nc(Cc4ccccc4)no3)nn2C)C1. The maximum atomic E-state index is 12.2. The number of aryl methyl sites for hydroxylation is 1. The van der Waals surface area contributed by atoms with Gasteiger partial charge in [-0.15, -0.1) is 0 Å². The second-order valence-electron chi connectivity index (χ2n) is 6.58. The molecular formula is C19H22N6O2. The number of urea groups is 1. The van der Waals surface area contributed by atoms with E-state index in [0.29, 0.717) is 43.5 Å². The lowest BCUT2D eigenvalue weighted by atomic mass is 10.1. The van der Waals surface area contributed by atoms with Crippen molar-refractivity contribution in [1.82, 2.24) is 30.1 Å². The Balaban J connectivity index is 1.60. The molecule has 4 rings (SSSR count). The molecule has 0 fully saturated rings. The van der Waals surface area contributed by atoms with Gasteiger partial charge in [0.15, 0.2) is 11.5 Å². The number of nitrogens with zero attached hydrogens (tertiary/aromatic N) is 5. The van der Waals surface area contributed by atoms with Crippen LogP contribution in [0.5, 0.6) is 0 Å². The molecule has 2 aromatic heterocycles. The van der Waals surface area contributed by atoms with Gasteiger partial charge in [-0.25, -0.2) is 4.79 Å². The van der Waals surface area contributed by atoms with Crippen molar-refractivity contribution in [2.24, 2.45) is 7.05 Å². The summed E-state index contributed by atoms with van der Waals surface area (Å²) in [5.41, 5.74) is 3.86. The maximum absolute atomic E-state index is 12.2. The predicted octanol–water partition coefficient (Wildman–Crippen LogP) is 2.15. The van der Waals surface area contributed by atoms with Gasteiger partial charge in [0.1, 0.15) is 0 Å². The van der Waals surface area contributed by atoms with Crippen LogP contribution in [0.3, 0.4) is 0 Å². The zero-order chi connectivity index (χ0) is 18.8. The molecule has 1 aliphatic rings. The summed E-state index contributed by atoms with van der Waals surface area (Å²) in [6.45, 7) is 3.67. The first-order valence-electron chi connectivity index (χ1n) is 9.10. The van der Waals surface area contributed by atoms with Crippen molar-refractivity contribution in [3.63, 3.8) is 0 Å². The van der Waals surface area contributed by atoms with Crippen LogP contribution in [0.25, 0.3) is 11.6 Å². The Morgan fingerprint density at radius 1 is 1.30 bits per heavy atom. The predicted molar refractivity (Wildman–Crippen MR) is 98.9 cm³/mol. The summed E-state index contributed by atoms with van der Waals surface area (Å²) < 4.78 is 7.34. The van der Waals surface area contributed by atoms with Crippen molar-refractivity contribution < 1.29 is 9.32 Å². The second-order valence-corrected chi connectivity index (χ2v) is 6.58. The van der Waals surface area contributed by atoms with Gasteiger partial charge in [-0.05, 0) is 12.5 Å². The first-order valence-corrected chi connectivity index (χ1v) is 9.10. The minimum atomic E-state index is -0.0618. The average Bonchev–Trinajstić information content (AvgIpc) is 3.27. The average molecular weight is 366 g/mol. The largest absolute Gasteiger partial charge is 0.338 e. The summed E-state index contributed by atoms with van der Waals surface area (Å²) >= 11 is 0. The fraction of sp³-hybridized carbons (Fsp3) is 0.368. The molecule has 0 radical (unpaired) electrons. The molecule has 0 atom stereocenters. The van der Waals surface area contributed by atoms with Crippen LogP contribution in [-0.2, 0) is 26.4 Å². The summed E-state index contributed by atoms with van der Waals surface area (Å²) in [4.78, 5) is 18.5. The number of carbonyl (C=O) groups is 1. The number of nitrogens with one attached hydrogen (secondary N) is 1. The highest BCUT2D eigenvalue weighted by Gasteiger charge is 2.29. The van der Waals surface area contributed by atoms with Gasteiger partial charge in [0.2, 0.25) is 0 Å². The number of hydrogen-bond acceptors (Lipinski definition) is 5. The highest BCUT2D eigenvalue weighted by atomic mass is 16.5. The van der Waals surface area contributed by atoms with E-state index in [1.165, 1.54) is 0 Å². The van der Waals surface area contributed by atoms with E-state index >= 15 is 0 Å². The van der Waals surface area contributed by atoms with Gasteiger partial charge < -0.3 is 14.7 Å². The molecule has 0 bridgehead atoms. The van der Waals surface area contributed by atoms with Gasteiger partial charge in [0.05, 0.1) is 6.54 Å². The summed E-state index contributed by atoms with van der Waals surface area (Å²) in [6.07, 6.45) is 1.35. The van der Waals surface area contributed by atoms with E-state index in [-0.39, 0.29) is 6.03 Å². The third kappa shape index (κ3) is 3.42. The fourth-order valence-corrected chi connectivity index (χ4v) is 3.40. The van der Waals surface area contributed by atoms with Crippen molar-refractivity contribution in [2.75, 3.05) is 13.1 Å². The number of fused-ring (bicyclic) bond motifs is 1. The van der Waals surface area contributed by atoms with Crippen LogP contribution in [0, 0.1) is 0 Å². The van der Waals surface area contributed by atoms with E-state index in [0.717, 1.165) is 23.2 Å². The van der Waals surface area contributed by atoms with Crippen molar-refractivity contribution >= 4 is 6.03 Å². The fourth-order valence-electron chi connectivity index (χ4n) is 3.40. The molecule has 0 aliphatic carbocycles. The monoisotopic (exact) mass is 366 g/mol. The molecule has 0 unspecified atom stereocenters. The lowest BCUT2D eigenvalue weighted by molar-refractivity contribution is 0.192. The molecule has 0 saturated heterocycles. The van der Waals surface area contributed by atoms with Gasteiger partial charge in [0, 0.05) is 44.2 Å². The number of carbonyl (C=O) groups excluding carboxylic acids is 1. The summed E-state index contributed by atoms with van der Waals surface area (Å²) in [5.74, 6) is 1.02. The molecule has 3 heterocycles. The Morgan fingerprint density at radius 2 is 2.11 bits per heavy atom. The van der Waals surface area contributed by atoms with E-state index in [9.17, 15) is 4.79 Å². The topological polar surface area (TPSA) is 89.1 Å². The van der Waals surface area contributed by atoms with Crippen molar-refractivity contribution in [2.45, 2.75) is 26.3 Å². The van der Waals surface area contributed by atoms with E-state index in [4.69, 9.17) is 4.52 Å². The molecule has 0 spiro atoms. The molecule has 1 aromatic carbocycles. The first kappa shape index (κ1) is 17.3. The van der Waals surface area contributed by atoms with Gasteiger partial charge in [0.25, 0.3) is 5.89 Å². The summed E-state index contributed by atoms with van der Waals surface area (Å²) in [5, 5.41) is 11.5. The van der Waals surface area contributed by atoms with Crippen LogP contribution >= 0.6 is 0 Å². The molecule has 27 heavy (non-hydrogen) atoms.